The molecule has 0 aliphatic rings. The Kier molecular flexibility index (Phi) is 29.5. The summed E-state index contributed by atoms with van der Waals surface area (Å²) in [6.45, 7) is 6.01. The monoisotopic (exact) mass is 411 g/mol. The molecule has 29 heavy (non-hydrogen) atoms. The van der Waals surface area contributed by atoms with Crippen LogP contribution in [0.5, 0.6) is 0 Å². The van der Waals surface area contributed by atoms with Gasteiger partial charge in [-0.2, -0.15) is 0 Å². The van der Waals surface area contributed by atoms with E-state index in [4.69, 9.17) is 5.11 Å². The Labute approximate surface area is 179 Å². The third-order valence-corrected chi connectivity index (χ3v) is 4.69. The van der Waals surface area contributed by atoms with Gasteiger partial charge in [-0.15, -0.1) is 0 Å². The van der Waals surface area contributed by atoms with Gasteiger partial charge >= 0.3 is 5.97 Å². The normalized spacial score (nSPS) is 9.86. The van der Waals surface area contributed by atoms with E-state index in [1.54, 1.807) is 6.08 Å². The maximum atomic E-state index is 10.1. The maximum absolute atomic E-state index is 10.1. The maximum Gasteiger partial charge on any atom is 0.330 e. The average Bonchev–Trinajstić information content (AvgIpc) is 2.74. The average molecular weight is 412 g/mol. The smallest absolute Gasteiger partial charge is 0.330 e. The van der Waals surface area contributed by atoms with Crippen molar-refractivity contribution in [3.8, 4) is 0 Å². The summed E-state index contributed by atoms with van der Waals surface area (Å²) in [5.41, 5.74) is 0. The Bertz CT molecular complexity index is 392. The third kappa shape index (κ3) is 31.5. The molecule has 0 aromatic heterocycles. The minimum absolute atomic E-state index is 0.0465. The second-order valence-corrected chi connectivity index (χ2v) is 7.37. The molecule has 0 rings (SSSR count). The van der Waals surface area contributed by atoms with Crippen LogP contribution in [0, 0.1) is 0 Å². The molecule has 0 bridgehead atoms. The number of nitrogens with zero attached hydrogens (tertiary/aromatic N) is 1. The molecule has 0 radical (unpaired) electrons. The molecule has 0 aliphatic carbocycles. The molecular weight excluding hydrogens is 366 g/mol. The Morgan fingerprint density at radius 1 is 0.862 bits per heavy atom. The fourth-order valence-corrected chi connectivity index (χ4v) is 2.99. The van der Waals surface area contributed by atoms with Gasteiger partial charge in [-0.05, 0) is 6.42 Å². The van der Waals surface area contributed by atoms with Crippen LogP contribution in [0.2, 0.25) is 0 Å². The highest BCUT2D eigenvalue weighted by Gasteiger charge is 1.94. The number of carbonyl (C=O) groups is 1. The van der Waals surface area contributed by atoms with E-state index in [1.807, 2.05) is 0 Å². The van der Waals surface area contributed by atoms with Crippen molar-refractivity contribution in [2.24, 2.45) is 4.99 Å². The molecule has 0 fully saturated rings. The number of carbonyl (C=O) groups excluding carboxylic acids is 2. The van der Waals surface area contributed by atoms with Crippen molar-refractivity contribution in [2.45, 2.75) is 110 Å². The van der Waals surface area contributed by atoms with E-state index in [0.29, 0.717) is 6.54 Å². The van der Waals surface area contributed by atoms with Crippen molar-refractivity contribution in [1.82, 2.24) is 0 Å². The molecule has 0 spiro atoms. The zero-order valence-corrected chi connectivity index (χ0v) is 18.8. The minimum Gasteiger partial charge on any atom is -0.460 e. The largest absolute Gasteiger partial charge is 0.460 e. The van der Waals surface area contributed by atoms with Gasteiger partial charge < -0.3 is 9.84 Å². The first-order valence-corrected chi connectivity index (χ1v) is 11.7. The van der Waals surface area contributed by atoms with Crippen LogP contribution in [0.15, 0.2) is 17.6 Å². The lowest BCUT2D eigenvalue weighted by Gasteiger charge is -2.03. The number of ether oxygens (including phenoxy) is 1. The number of hydrogen-bond acceptors (Lipinski definition) is 5. The van der Waals surface area contributed by atoms with Crippen LogP contribution in [0.4, 0.5) is 0 Å². The van der Waals surface area contributed by atoms with Crippen LogP contribution in [0.3, 0.4) is 0 Å². The van der Waals surface area contributed by atoms with Crippen LogP contribution in [0.1, 0.15) is 110 Å². The van der Waals surface area contributed by atoms with Gasteiger partial charge in [0, 0.05) is 6.08 Å². The fourth-order valence-electron chi connectivity index (χ4n) is 2.99. The number of aliphatic hydroxyl groups excluding tert-OH is 1. The lowest BCUT2D eigenvalue weighted by molar-refractivity contribution is -0.138. The molecule has 5 heteroatoms. The van der Waals surface area contributed by atoms with Gasteiger partial charge in [0.05, 0.1) is 13.2 Å². The van der Waals surface area contributed by atoms with Crippen molar-refractivity contribution in [2.75, 3.05) is 19.8 Å². The SMILES string of the molecule is C=CC(=O)OCCO.CCCCCCCCCCCCCCCCCCN=C=O. The number of aliphatic imine (C=N–C) groups is 1. The number of aliphatic hydroxyl groups is 1. The zero-order valence-electron chi connectivity index (χ0n) is 18.8. The molecule has 0 saturated heterocycles. The van der Waals surface area contributed by atoms with E-state index in [9.17, 15) is 9.59 Å². The lowest BCUT2D eigenvalue weighted by atomic mass is 10.0. The first-order valence-electron chi connectivity index (χ1n) is 11.7. The van der Waals surface area contributed by atoms with Crippen molar-refractivity contribution in [3.05, 3.63) is 12.7 Å². The molecule has 0 aromatic carbocycles. The van der Waals surface area contributed by atoms with Crippen LogP contribution in [-0.4, -0.2) is 36.9 Å². The third-order valence-electron chi connectivity index (χ3n) is 4.69. The van der Waals surface area contributed by atoms with Gasteiger partial charge in [-0.25, -0.2) is 14.6 Å². The number of isocyanates is 1. The number of rotatable bonds is 20. The molecule has 0 atom stereocenters. The van der Waals surface area contributed by atoms with Gasteiger partial charge in [0.15, 0.2) is 0 Å². The summed E-state index contributed by atoms with van der Waals surface area (Å²) in [6, 6.07) is 0. The summed E-state index contributed by atoms with van der Waals surface area (Å²) in [4.78, 5) is 23.6. The molecule has 0 heterocycles. The first-order chi connectivity index (χ1) is 14.2. The summed E-state index contributed by atoms with van der Waals surface area (Å²) < 4.78 is 4.33. The van der Waals surface area contributed by atoms with E-state index in [-0.39, 0.29) is 13.2 Å². The van der Waals surface area contributed by atoms with Crippen molar-refractivity contribution >= 4 is 12.0 Å². The Morgan fingerprint density at radius 2 is 1.28 bits per heavy atom. The molecule has 5 nitrogen and oxygen atoms in total. The molecule has 1 N–H and O–H groups in total. The molecule has 170 valence electrons. The number of hydrogen-bond donors (Lipinski definition) is 1. The predicted octanol–water partition coefficient (Wildman–Crippen LogP) is 6.29. The molecule has 0 aliphatic heterocycles. The summed E-state index contributed by atoms with van der Waals surface area (Å²) in [7, 11) is 0. The summed E-state index contributed by atoms with van der Waals surface area (Å²) in [5.74, 6) is -0.501. The molecule has 0 amide bonds. The molecule has 0 aromatic rings. The summed E-state index contributed by atoms with van der Waals surface area (Å²) >= 11 is 0. The van der Waals surface area contributed by atoms with E-state index < -0.39 is 5.97 Å². The molecular formula is C24H45NO4. The topological polar surface area (TPSA) is 76.0 Å². The summed E-state index contributed by atoms with van der Waals surface area (Å²) in [6.07, 6.45) is 24.7. The van der Waals surface area contributed by atoms with Gasteiger partial charge in [0.1, 0.15) is 6.61 Å². The highest BCUT2D eigenvalue weighted by Crippen LogP contribution is 2.13. The Morgan fingerprint density at radius 3 is 1.62 bits per heavy atom. The lowest BCUT2D eigenvalue weighted by Crippen LogP contribution is -2.04. The number of esters is 1. The van der Waals surface area contributed by atoms with E-state index in [1.165, 1.54) is 96.3 Å². The Hall–Kier alpha value is -1.45. The van der Waals surface area contributed by atoms with Crippen LogP contribution >= 0.6 is 0 Å². The van der Waals surface area contributed by atoms with E-state index in [0.717, 1.165) is 12.5 Å². The van der Waals surface area contributed by atoms with E-state index >= 15 is 0 Å². The van der Waals surface area contributed by atoms with Gasteiger partial charge in [0.2, 0.25) is 6.08 Å². The molecule has 0 unspecified atom stereocenters. The molecule has 0 saturated carbocycles. The van der Waals surface area contributed by atoms with Gasteiger partial charge in [-0.1, -0.05) is 110 Å². The standard InChI is InChI=1S/C19H37NO.C5H8O3/c1-2-3-4-5-6-7-8-9-10-11-12-13-14-15-16-17-18-20-19-21;1-2-5(7)8-4-3-6/h2-18H2,1H3;2,6H,1,3-4H2. The highest BCUT2D eigenvalue weighted by molar-refractivity contribution is 5.81. The van der Waals surface area contributed by atoms with Gasteiger partial charge in [0.25, 0.3) is 0 Å². The highest BCUT2D eigenvalue weighted by atomic mass is 16.5. The van der Waals surface area contributed by atoms with Crippen LogP contribution < -0.4 is 0 Å². The predicted molar refractivity (Wildman–Crippen MR) is 121 cm³/mol. The van der Waals surface area contributed by atoms with Gasteiger partial charge in [-0.3, -0.25) is 0 Å². The van der Waals surface area contributed by atoms with Crippen molar-refractivity contribution < 1.29 is 19.4 Å². The summed E-state index contributed by atoms with van der Waals surface area (Å²) in [5, 5.41) is 8.10. The van der Waals surface area contributed by atoms with Crippen LogP contribution in [-0.2, 0) is 14.3 Å². The second-order valence-electron chi connectivity index (χ2n) is 7.37. The first kappa shape index (κ1) is 29.7. The van der Waals surface area contributed by atoms with Crippen molar-refractivity contribution in [1.29, 1.82) is 0 Å². The quantitative estimate of drug-likeness (QED) is 0.0839. The van der Waals surface area contributed by atoms with E-state index in [2.05, 4.69) is 23.2 Å². The zero-order chi connectivity index (χ0) is 21.8. The van der Waals surface area contributed by atoms with Crippen LogP contribution in [0.25, 0.3) is 0 Å². The number of unbranched alkanes of at least 4 members (excludes halogenated alkanes) is 15. The Balaban J connectivity index is 0. The fraction of sp³-hybridized carbons (Fsp3) is 0.833. The second kappa shape index (κ2) is 28.8. The van der Waals surface area contributed by atoms with Crippen molar-refractivity contribution in [3.63, 3.8) is 0 Å². The minimum atomic E-state index is -0.501.